The quantitative estimate of drug-likeness (QED) is 0.932. The molecule has 19 heavy (non-hydrogen) atoms. The summed E-state index contributed by atoms with van der Waals surface area (Å²) in [6, 6.07) is 5.30. The Balaban J connectivity index is 2.33. The van der Waals surface area contributed by atoms with Crippen molar-refractivity contribution in [2.24, 2.45) is 0 Å². The van der Waals surface area contributed by atoms with Crippen molar-refractivity contribution in [3.05, 3.63) is 52.4 Å². The minimum atomic E-state index is -1.14. The van der Waals surface area contributed by atoms with Crippen LogP contribution in [0.15, 0.2) is 30.5 Å². The van der Waals surface area contributed by atoms with Gasteiger partial charge in [-0.15, -0.1) is 0 Å². The molecule has 1 N–H and O–H groups in total. The summed E-state index contributed by atoms with van der Waals surface area (Å²) in [4.78, 5) is 14.5. The van der Waals surface area contributed by atoms with Gasteiger partial charge in [-0.2, -0.15) is 0 Å². The van der Waals surface area contributed by atoms with Crippen LogP contribution in [0, 0.1) is 12.7 Å². The fraction of sp³-hybridized carbons (Fsp3) is 0.0769. The number of aryl methyl sites for hydroxylation is 1. The molecule has 0 saturated heterocycles. The zero-order chi connectivity index (χ0) is 14.0. The first-order valence-electron chi connectivity index (χ1n) is 5.30. The van der Waals surface area contributed by atoms with Crippen molar-refractivity contribution in [1.29, 1.82) is 0 Å². The van der Waals surface area contributed by atoms with Gasteiger partial charge in [0.2, 0.25) is 5.88 Å². The summed E-state index contributed by atoms with van der Waals surface area (Å²) in [7, 11) is 0. The van der Waals surface area contributed by atoms with Gasteiger partial charge in [0, 0.05) is 12.3 Å². The van der Waals surface area contributed by atoms with Gasteiger partial charge in [0.15, 0.2) is 0 Å². The van der Waals surface area contributed by atoms with Crippen LogP contribution in [0.4, 0.5) is 4.39 Å². The lowest BCUT2D eigenvalue weighted by atomic mass is 10.2. The molecular weight excluding hydrogens is 273 g/mol. The average molecular weight is 282 g/mol. The van der Waals surface area contributed by atoms with Crippen molar-refractivity contribution in [1.82, 2.24) is 4.98 Å². The normalized spacial score (nSPS) is 10.3. The van der Waals surface area contributed by atoms with E-state index in [-0.39, 0.29) is 22.2 Å². The molecule has 0 unspecified atom stereocenters. The largest absolute Gasteiger partial charge is 0.478 e. The Morgan fingerprint density at radius 3 is 2.79 bits per heavy atom. The molecule has 1 heterocycles. The van der Waals surface area contributed by atoms with Crippen LogP contribution in [0.1, 0.15) is 15.9 Å². The topological polar surface area (TPSA) is 59.4 Å². The van der Waals surface area contributed by atoms with Crippen LogP contribution in [0.2, 0.25) is 5.02 Å². The lowest BCUT2D eigenvalue weighted by Gasteiger charge is -2.09. The highest BCUT2D eigenvalue weighted by Gasteiger charge is 2.11. The van der Waals surface area contributed by atoms with Crippen LogP contribution >= 0.6 is 11.6 Å². The lowest BCUT2D eigenvalue weighted by Crippen LogP contribution is -1.99. The summed E-state index contributed by atoms with van der Waals surface area (Å²) in [5.74, 6) is -1.28. The molecule has 0 aliphatic carbocycles. The SMILES string of the molecule is Cc1ccc(F)cc1Oc1ncc(C(=O)O)cc1Cl. The summed E-state index contributed by atoms with van der Waals surface area (Å²) in [6.45, 7) is 1.74. The number of carboxylic acid groups (broad SMARTS) is 1. The number of hydrogen-bond donors (Lipinski definition) is 1. The Labute approximate surface area is 113 Å². The van der Waals surface area contributed by atoms with E-state index in [0.29, 0.717) is 5.56 Å². The molecule has 2 rings (SSSR count). The second-order valence-electron chi connectivity index (χ2n) is 3.83. The van der Waals surface area contributed by atoms with Crippen molar-refractivity contribution in [2.45, 2.75) is 6.92 Å². The number of aromatic nitrogens is 1. The predicted molar refractivity (Wildman–Crippen MR) is 67.4 cm³/mol. The molecule has 0 aliphatic heterocycles. The Morgan fingerprint density at radius 1 is 1.42 bits per heavy atom. The van der Waals surface area contributed by atoms with Gasteiger partial charge in [-0.1, -0.05) is 17.7 Å². The van der Waals surface area contributed by atoms with E-state index < -0.39 is 11.8 Å². The van der Waals surface area contributed by atoms with E-state index in [1.54, 1.807) is 13.0 Å². The molecule has 2 aromatic rings. The standard InChI is InChI=1S/C13H9ClFNO3/c1-7-2-3-9(15)5-11(7)19-12-10(14)4-8(6-16-12)13(17)18/h2-6H,1H3,(H,17,18). The minimum absolute atomic E-state index is 0.0281. The minimum Gasteiger partial charge on any atom is -0.478 e. The van der Waals surface area contributed by atoms with Gasteiger partial charge in [-0.25, -0.2) is 14.2 Å². The Kier molecular flexibility index (Phi) is 3.66. The highest BCUT2D eigenvalue weighted by atomic mass is 35.5. The van der Waals surface area contributed by atoms with Crippen LogP contribution in [0.5, 0.6) is 11.6 Å². The maximum atomic E-state index is 13.1. The number of carbonyl (C=O) groups is 1. The summed E-state index contributed by atoms with van der Waals surface area (Å²) >= 11 is 5.87. The highest BCUT2D eigenvalue weighted by Crippen LogP contribution is 2.30. The molecule has 0 atom stereocenters. The molecule has 0 fully saturated rings. The van der Waals surface area contributed by atoms with Gasteiger partial charge in [-0.3, -0.25) is 0 Å². The second kappa shape index (κ2) is 5.24. The summed E-state index contributed by atoms with van der Waals surface area (Å²) in [5.41, 5.74) is 0.662. The van der Waals surface area contributed by atoms with E-state index in [1.165, 1.54) is 18.2 Å². The highest BCUT2D eigenvalue weighted by molar-refractivity contribution is 6.32. The van der Waals surface area contributed by atoms with E-state index in [4.69, 9.17) is 21.4 Å². The van der Waals surface area contributed by atoms with Gasteiger partial charge in [0.05, 0.1) is 5.56 Å². The maximum absolute atomic E-state index is 13.1. The van der Waals surface area contributed by atoms with Crippen LogP contribution in [-0.4, -0.2) is 16.1 Å². The van der Waals surface area contributed by atoms with E-state index in [9.17, 15) is 9.18 Å². The zero-order valence-electron chi connectivity index (χ0n) is 9.85. The third kappa shape index (κ3) is 3.00. The molecule has 0 radical (unpaired) electrons. The first-order valence-corrected chi connectivity index (χ1v) is 5.68. The van der Waals surface area contributed by atoms with Crippen LogP contribution < -0.4 is 4.74 Å². The molecular formula is C13H9ClFNO3. The number of carboxylic acids is 1. The fourth-order valence-electron chi connectivity index (χ4n) is 1.41. The van der Waals surface area contributed by atoms with Gasteiger partial charge >= 0.3 is 5.97 Å². The van der Waals surface area contributed by atoms with E-state index in [0.717, 1.165) is 6.20 Å². The number of benzene rings is 1. The molecule has 98 valence electrons. The van der Waals surface area contributed by atoms with E-state index in [1.807, 2.05) is 0 Å². The Hall–Kier alpha value is -2.14. The van der Waals surface area contributed by atoms with Crippen molar-refractivity contribution < 1.29 is 19.0 Å². The predicted octanol–water partition coefficient (Wildman–Crippen LogP) is 3.67. The van der Waals surface area contributed by atoms with Gasteiger partial charge in [-0.05, 0) is 24.6 Å². The van der Waals surface area contributed by atoms with E-state index >= 15 is 0 Å². The average Bonchev–Trinajstić information content (AvgIpc) is 2.36. The Morgan fingerprint density at radius 2 is 2.16 bits per heavy atom. The number of rotatable bonds is 3. The number of ether oxygens (including phenoxy) is 1. The summed E-state index contributed by atoms with van der Waals surface area (Å²) in [6.07, 6.45) is 1.12. The molecule has 0 spiro atoms. The number of hydrogen-bond acceptors (Lipinski definition) is 3. The van der Waals surface area contributed by atoms with Crippen LogP contribution in [-0.2, 0) is 0 Å². The van der Waals surface area contributed by atoms with Crippen molar-refractivity contribution in [3.8, 4) is 11.6 Å². The molecule has 0 amide bonds. The first kappa shape index (κ1) is 13.3. The Bertz CT molecular complexity index is 646. The van der Waals surface area contributed by atoms with Crippen molar-refractivity contribution in [3.63, 3.8) is 0 Å². The first-order chi connectivity index (χ1) is 8.97. The molecule has 1 aromatic carbocycles. The molecule has 4 nitrogen and oxygen atoms in total. The van der Waals surface area contributed by atoms with Gasteiger partial charge in [0.25, 0.3) is 0 Å². The van der Waals surface area contributed by atoms with Crippen molar-refractivity contribution in [2.75, 3.05) is 0 Å². The summed E-state index contributed by atoms with van der Waals surface area (Å²) in [5, 5.41) is 8.83. The number of nitrogens with zero attached hydrogens (tertiary/aromatic N) is 1. The molecule has 0 aliphatic rings. The fourth-order valence-corrected chi connectivity index (χ4v) is 1.61. The molecule has 1 aromatic heterocycles. The monoisotopic (exact) mass is 281 g/mol. The number of halogens is 2. The maximum Gasteiger partial charge on any atom is 0.337 e. The summed E-state index contributed by atoms with van der Waals surface area (Å²) < 4.78 is 18.5. The van der Waals surface area contributed by atoms with Gasteiger partial charge in [0.1, 0.15) is 16.6 Å². The van der Waals surface area contributed by atoms with Gasteiger partial charge < -0.3 is 9.84 Å². The molecule has 0 bridgehead atoms. The number of pyridine rings is 1. The smallest absolute Gasteiger partial charge is 0.337 e. The zero-order valence-corrected chi connectivity index (χ0v) is 10.6. The van der Waals surface area contributed by atoms with Crippen LogP contribution in [0.3, 0.4) is 0 Å². The van der Waals surface area contributed by atoms with E-state index in [2.05, 4.69) is 4.98 Å². The second-order valence-corrected chi connectivity index (χ2v) is 4.24. The van der Waals surface area contributed by atoms with Crippen molar-refractivity contribution >= 4 is 17.6 Å². The third-order valence-electron chi connectivity index (χ3n) is 2.41. The number of aromatic carboxylic acids is 1. The van der Waals surface area contributed by atoms with Crippen LogP contribution in [0.25, 0.3) is 0 Å². The lowest BCUT2D eigenvalue weighted by molar-refractivity contribution is 0.0696. The third-order valence-corrected chi connectivity index (χ3v) is 2.68. The molecule has 6 heteroatoms. The molecule has 0 saturated carbocycles.